The van der Waals surface area contributed by atoms with Crippen LogP contribution in [0.15, 0.2) is 42.5 Å². The molecule has 0 aliphatic rings. The number of nitrogens with one attached hydrogen (secondary N) is 1. The Morgan fingerprint density at radius 3 is 1.96 bits per heavy atom. The van der Waals surface area contributed by atoms with Crippen LogP contribution < -0.4 is 5.32 Å². The van der Waals surface area contributed by atoms with E-state index in [-0.39, 0.29) is 5.82 Å². The van der Waals surface area contributed by atoms with Gasteiger partial charge in [-0.05, 0) is 62.2 Å². The minimum atomic E-state index is -0.319. The summed E-state index contributed by atoms with van der Waals surface area (Å²) in [5.74, 6) is 1.93. The molecule has 130 valence electrons. The molecule has 0 atom stereocenters. The van der Waals surface area contributed by atoms with Crippen molar-refractivity contribution in [2.24, 2.45) is 0 Å². The third kappa shape index (κ3) is 10.2. The highest BCUT2D eigenvalue weighted by Gasteiger charge is 1.95. The summed E-state index contributed by atoms with van der Waals surface area (Å²) in [6.07, 6.45) is 5.28. The molecule has 0 fully saturated rings. The van der Waals surface area contributed by atoms with Gasteiger partial charge in [0.25, 0.3) is 0 Å². The molecule has 2 aromatic rings. The molecule has 24 heavy (non-hydrogen) atoms. The average molecular weight is 329 g/mol. The van der Waals surface area contributed by atoms with Gasteiger partial charge in [0, 0.05) is 18.3 Å². The van der Waals surface area contributed by atoms with E-state index < -0.39 is 0 Å². The second kappa shape index (κ2) is 15.3. The Labute approximate surface area is 146 Å². The molecule has 0 amide bonds. The minimum absolute atomic E-state index is 0.319. The van der Waals surface area contributed by atoms with Crippen LogP contribution in [0.3, 0.4) is 0 Å². The number of carbonyl (C=O) groups excluding carboxylic acids is 1. The molecular weight excluding hydrogens is 301 g/mol. The van der Waals surface area contributed by atoms with E-state index in [0.29, 0.717) is 11.8 Å². The molecule has 0 heterocycles. The van der Waals surface area contributed by atoms with Gasteiger partial charge in [-0.1, -0.05) is 26.0 Å². The van der Waals surface area contributed by atoms with E-state index in [1.54, 1.807) is 6.92 Å². The van der Waals surface area contributed by atoms with Crippen LogP contribution in [0.5, 0.6) is 0 Å². The van der Waals surface area contributed by atoms with E-state index in [0.717, 1.165) is 0 Å². The van der Waals surface area contributed by atoms with Crippen molar-refractivity contribution in [2.45, 2.75) is 34.6 Å². The lowest BCUT2D eigenvalue weighted by atomic mass is 10.1. The predicted octanol–water partition coefficient (Wildman–Crippen LogP) is 5.65. The molecule has 0 aliphatic heterocycles. The number of benzene rings is 2. The zero-order chi connectivity index (χ0) is 19.0. The number of hydrogen-bond donors (Lipinski definition) is 1. The maximum absolute atomic E-state index is 12.1. The van der Waals surface area contributed by atoms with Crippen LogP contribution in [-0.4, -0.2) is 13.3 Å². The van der Waals surface area contributed by atoms with Crippen LogP contribution in [-0.2, 0) is 0 Å². The van der Waals surface area contributed by atoms with Crippen LogP contribution in [0.2, 0.25) is 0 Å². The van der Waals surface area contributed by atoms with Crippen LogP contribution >= 0.6 is 0 Å². The van der Waals surface area contributed by atoms with E-state index in [2.05, 4.69) is 49.7 Å². The van der Waals surface area contributed by atoms with Gasteiger partial charge in [-0.25, -0.2) is 4.39 Å². The lowest BCUT2D eigenvalue weighted by molar-refractivity contribution is 0.112. The van der Waals surface area contributed by atoms with Gasteiger partial charge in [0.15, 0.2) is 0 Å². The van der Waals surface area contributed by atoms with Crippen LogP contribution in [0.4, 0.5) is 10.1 Å². The molecule has 0 aromatic heterocycles. The SMILES string of the molecule is C#CC.CC.CNc1cccc(C)c1C.O=Cc1ccc(F)cc1. The van der Waals surface area contributed by atoms with Crippen molar-refractivity contribution in [1.29, 1.82) is 0 Å². The summed E-state index contributed by atoms with van der Waals surface area (Å²) in [5, 5.41) is 3.14. The second-order valence-electron chi connectivity index (χ2n) is 4.46. The Bertz CT molecular complexity index is 613. The topological polar surface area (TPSA) is 29.1 Å². The van der Waals surface area contributed by atoms with E-state index in [9.17, 15) is 9.18 Å². The summed E-state index contributed by atoms with van der Waals surface area (Å²) in [4.78, 5) is 10.00. The van der Waals surface area contributed by atoms with Gasteiger partial charge in [0.05, 0.1) is 0 Å². The zero-order valence-electron chi connectivity index (χ0n) is 15.5. The Balaban J connectivity index is 0. The Hall–Kier alpha value is -2.60. The monoisotopic (exact) mass is 329 g/mol. The zero-order valence-corrected chi connectivity index (χ0v) is 15.5. The summed E-state index contributed by atoms with van der Waals surface area (Å²) in [5.41, 5.74) is 4.40. The molecule has 0 bridgehead atoms. The van der Waals surface area contributed by atoms with Gasteiger partial charge >= 0.3 is 0 Å². The summed E-state index contributed by atoms with van der Waals surface area (Å²) in [6.45, 7) is 9.90. The number of anilines is 1. The first-order chi connectivity index (χ1) is 11.5. The van der Waals surface area contributed by atoms with E-state index in [4.69, 9.17) is 0 Å². The van der Waals surface area contributed by atoms with Gasteiger partial charge in [-0.3, -0.25) is 4.79 Å². The van der Waals surface area contributed by atoms with Crippen molar-refractivity contribution in [2.75, 3.05) is 12.4 Å². The second-order valence-corrected chi connectivity index (χ2v) is 4.46. The van der Waals surface area contributed by atoms with Gasteiger partial charge in [0.1, 0.15) is 12.1 Å². The third-order valence-corrected chi connectivity index (χ3v) is 2.88. The molecule has 0 saturated carbocycles. The fourth-order valence-corrected chi connectivity index (χ4v) is 1.56. The normalized spacial score (nSPS) is 7.92. The summed E-state index contributed by atoms with van der Waals surface area (Å²) in [7, 11) is 1.95. The fourth-order valence-electron chi connectivity index (χ4n) is 1.56. The quantitative estimate of drug-likeness (QED) is 0.570. The number of halogens is 1. The van der Waals surface area contributed by atoms with E-state index in [1.807, 2.05) is 20.9 Å². The van der Waals surface area contributed by atoms with Crippen LogP contribution in [0, 0.1) is 32.0 Å². The number of aryl methyl sites for hydroxylation is 1. The Morgan fingerprint density at radius 2 is 1.58 bits per heavy atom. The Kier molecular flexibility index (Phi) is 15.1. The van der Waals surface area contributed by atoms with Gasteiger partial charge in [-0.2, -0.15) is 0 Å². The van der Waals surface area contributed by atoms with Crippen molar-refractivity contribution in [3.63, 3.8) is 0 Å². The molecule has 0 unspecified atom stereocenters. The van der Waals surface area contributed by atoms with Crippen molar-refractivity contribution in [3.8, 4) is 12.3 Å². The highest BCUT2D eigenvalue weighted by atomic mass is 19.1. The largest absolute Gasteiger partial charge is 0.388 e. The summed E-state index contributed by atoms with van der Waals surface area (Å²) < 4.78 is 12.1. The number of carbonyl (C=O) groups is 1. The molecule has 0 radical (unpaired) electrons. The van der Waals surface area contributed by atoms with Crippen LogP contribution in [0.1, 0.15) is 42.3 Å². The number of aldehydes is 1. The van der Waals surface area contributed by atoms with Crippen molar-refractivity contribution in [3.05, 3.63) is 65.0 Å². The van der Waals surface area contributed by atoms with Crippen molar-refractivity contribution >= 4 is 12.0 Å². The van der Waals surface area contributed by atoms with Gasteiger partial charge in [-0.15, -0.1) is 12.3 Å². The highest BCUT2D eigenvalue weighted by molar-refractivity contribution is 5.74. The molecule has 2 aromatic carbocycles. The van der Waals surface area contributed by atoms with E-state index in [1.165, 1.54) is 41.1 Å². The first-order valence-corrected chi connectivity index (χ1v) is 7.82. The number of terminal acetylenes is 1. The number of hydrogen-bond acceptors (Lipinski definition) is 2. The first kappa shape index (κ1) is 23.7. The molecule has 1 N–H and O–H groups in total. The maximum Gasteiger partial charge on any atom is 0.150 e. The maximum atomic E-state index is 12.1. The Morgan fingerprint density at radius 1 is 1.08 bits per heavy atom. The lowest BCUT2D eigenvalue weighted by Gasteiger charge is -2.06. The van der Waals surface area contributed by atoms with Crippen LogP contribution in [0.25, 0.3) is 0 Å². The van der Waals surface area contributed by atoms with Gasteiger partial charge < -0.3 is 5.32 Å². The first-order valence-electron chi connectivity index (χ1n) is 7.82. The molecule has 0 aliphatic carbocycles. The highest BCUT2D eigenvalue weighted by Crippen LogP contribution is 2.16. The van der Waals surface area contributed by atoms with E-state index >= 15 is 0 Å². The average Bonchev–Trinajstić information content (AvgIpc) is 2.61. The minimum Gasteiger partial charge on any atom is -0.388 e. The molecule has 3 heteroatoms. The number of rotatable bonds is 2. The lowest BCUT2D eigenvalue weighted by Crippen LogP contribution is -1.92. The fraction of sp³-hybridized carbons (Fsp3) is 0.286. The summed E-state index contributed by atoms with van der Waals surface area (Å²) >= 11 is 0. The molecule has 0 spiro atoms. The van der Waals surface area contributed by atoms with Crippen molar-refractivity contribution < 1.29 is 9.18 Å². The standard InChI is InChI=1S/C9H13N.C7H5FO.C3H4.C2H6/c1-7-5-4-6-9(10-3)8(7)2;8-7-3-1-6(5-9)2-4-7;1-3-2;1-2/h4-6,10H,1-3H3;1-5H;1H,2H3;1-2H3. The molecule has 2 nitrogen and oxygen atoms in total. The third-order valence-electron chi connectivity index (χ3n) is 2.88. The molecule has 2 rings (SSSR count). The predicted molar refractivity (Wildman–Crippen MR) is 103 cm³/mol. The molecule has 0 saturated heterocycles. The van der Waals surface area contributed by atoms with Gasteiger partial charge in [0.2, 0.25) is 0 Å². The smallest absolute Gasteiger partial charge is 0.150 e. The van der Waals surface area contributed by atoms with Crippen molar-refractivity contribution in [1.82, 2.24) is 0 Å². The molecular formula is C21H28FNO. The summed E-state index contributed by atoms with van der Waals surface area (Å²) in [6, 6.07) is 11.6.